The maximum absolute atomic E-state index is 14.0. The van der Waals surface area contributed by atoms with Crippen molar-refractivity contribution in [3.63, 3.8) is 0 Å². The van der Waals surface area contributed by atoms with Crippen LogP contribution < -0.4 is 10.4 Å². The van der Waals surface area contributed by atoms with Crippen molar-refractivity contribution < 1.29 is 27.8 Å². The molecule has 202 valence electrons. The van der Waals surface area contributed by atoms with Crippen LogP contribution >= 0.6 is 0 Å². The smallest absolute Gasteiger partial charge is 0.339 e. The summed E-state index contributed by atoms with van der Waals surface area (Å²) >= 11 is 0. The predicted octanol–water partition coefficient (Wildman–Crippen LogP) is 5.35. The number of carbonyl (C=O) groups is 1. The summed E-state index contributed by atoms with van der Waals surface area (Å²) in [5.74, 6) is -0.802. The SMILES string of the molecule is Cc1c(CCC(=O)N2CC[C@@]3(O)CCCC[C@H]3C2)c(=O)oc2c(C)c(OCc3ccc(F)cc3F)ccc12. The van der Waals surface area contributed by atoms with E-state index in [2.05, 4.69) is 0 Å². The molecule has 6 nitrogen and oxygen atoms in total. The van der Waals surface area contributed by atoms with E-state index in [4.69, 9.17) is 9.15 Å². The van der Waals surface area contributed by atoms with Crippen molar-refractivity contribution in [3.8, 4) is 5.75 Å². The van der Waals surface area contributed by atoms with Gasteiger partial charge in [-0.05, 0) is 69.4 Å². The first-order valence-corrected chi connectivity index (χ1v) is 13.3. The molecule has 1 aromatic heterocycles. The number of nitrogens with zero attached hydrogens (tertiary/aromatic N) is 1. The second-order valence-electron chi connectivity index (χ2n) is 10.7. The van der Waals surface area contributed by atoms with Crippen LogP contribution in [0.5, 0.6) is 5.75 Å². The molecular weight excluding hydrogens is 492 g/mol. The summed E-state index contributed by atoms with van der Waals surface area (Å²) in [5.41, 5.74) is 1.28. The van der Waals surface area contributed by atoms with Gasteiger partial charge in [0.15, 0.2) is 0 Å². The Balaban J connectivity index is 1.29. The molecule has 0 spiro atoms. The Labute approximate surface area is 220 Å². The van der Waals surface area contributed by atoms with Crippen molar-refractivity contribution in [1.82, 2.24) is 4.90 Å². The van der Waals surface area contributed by atoms with Crippen LogP contribution in [0, 0.1) is 31.4 Å². The predicted molar refractivity (Wildman–Crippen MR) is 139 cm³/mol. The van der Waals surface area contributed by atoms with E-state index in [-0.39, 0.29) is 36.8 Å². The third-order valence-corrected chi connectivity index (χ3v) is 8.42. The Kier molecular flexibility index (Phi) is 7.27. The number of aryl methyl sites for hydroxylation is 2. The highest BCUT2D eigenvalue weighted by atomic mass is 19.1. The number of aliphatic hydroxyl groups is 1. The third kappa shape index (κ3) is 5.06. The van der Waals surface area contributed by atoms with Crippen molar-refractivity contribution in [2.24, 2.45) is 5.92 Å². The van der Waals surface area contributed by atoms with Crippen LogP contribution in [0.25, 0.3) is 11.0 Å². The fourth-order valence-corrected chi connectivity index (χ4v) is 6.00. The first-order chi connectivity index (χ1) is 18.2. The molecule has 1 aliphatic carbocycles. The molecule has 5 rings (SSSR count). The Bertz CT molecular complexity index is 1430. The molecule has 2 heterocycles. The van der Waals surface area contributed by atoms with Crippen LogP contribution in [0.15, 0.2) is 39.5 Å². The summed E-state index contributed by atoms with van der Waals surface area (Å²) in [6.07, 6.45) is 4.96. The summed E-state index contributed by atoms with van der Waals surface area (Å²) < 4.78 is 38.6. The van der Waals surface area contributed by atoms with Crippen molar-refractivity contribution in [1.29, 1.82) is 0 Å². The Morgan fingerprint density at radius 2 is 1.97 bits per heavy atom. The first kappa shape index (κ1) is 26.4. The highest BCUT2D eigenvalue weighted by molar-refractivity contribution is 5.86. The van der Waals surface area contributed by atoms with Crippen LogP contribution in [0.2, 0.25) is 0 Å². The molecule has 1 saturated carbocycles. The molecule has 0 radical (unpaired) electrons. The minimum Gasteiger partial charge on any atom is -0.488 e. The molecule has 1 aliphatic heterocycles. The zero-order chi connectivity index (χ0) is 27.0. The Morgan fingerprint density at radius 3 is 2.76 bits per heavy atom. The van der Waals surface area contributed by atoms with Gasteiger partial charge in [-0.1, -0.05) is 12.8 Å². The molecular formula is C30H33F2NO5. The molecule has 2 fully saturated rings. The van der Waals surface area contributed by atoms with Crippen molar-refractivity contribution in [2.45, 2.75) is 71.0 Å². The molecule has 38 heavy (non-hydrogen) atoms. The van der Waals surface area contributed by atoms with E-state index in [0.29, 0.717) is 42.0 Å². The number of piperidine rings is 1. The van der Waals surface area contributed by atoms with Gasteiger partial charge in [0.25, 0.3) is 0 Å². The molecule has 0 bridgehead atoms. The topological polar surface area (TPSA) is 80.0 Å². The maximum atomic E-state index is 14.0. The van der Waals surface area contributed by atoms with E-state index in [0.717, 1.165) is 42.7 Å². The number of amides is 1. The summed E-state index contributed by atoms with van der Waals surface area (Å²) in [7, 11) is 0. The zero-order valence-electron chi connectivity index (χ0n) is 21.8. The van der Waals surface area contributed by atoms with E-state index in [1.165, 1.54) is 12.1 Å². The quantitative estimate of drug-likeness (QED) is 0.439. The van der Waals surface area contributed by atoms with Gasteiger partial charge in [-0.15, -0.1) is 0 Å². The molecule has 8 heteroatoms. The number of halogens is 2. The number of hydrogen-bond donors (Lipinski definition) is 1. The molecule has 2 atom stereocenters. The van der Waals surface area contributed by atoms with Gasteiger partial charge >= 0.3 is 5.63 Å². The lowest BCUT2D eigenvalue weighted by atomic mass is 9.71. The average molecular weight is 526 g/mol. The van der Waals surface area contributed by atoms with Crippen LogP contribution in [0.1, 0.15) is 60.8 Å². The first-order valence-electron chi connectivity index (χ1n) is 13.3. The average Bonchev–Trinajstić information content (AvgIpc) is 2.88. The number of hydrogen-bond acceptors (Lipinski definition) is 5. The van der Waals surface area contributed by atoms with Gasteiger partial charge in [0.2, 0.25) is 5.91 Å². The second-order valence-corrected chi connectivity index (χ2v) is 10.7. The minimum atomic E-state index is -0.691. The van der Waals surface area contributed by atoms with E-state index in [9.17, 15) is 23.5 Å². The Hall–Kier alpha value is -3.26. The van der Waals surface area contributed by atoms with Gasteiger partial charge in [-0.3, -0.25) is 4.79 Å². The van der Waals surface area contributed by atoms with Crippen LogP contribution in [0.4, 0.5) is 8.78 Å². The molecule has 3 aromatic rings. The van der Waals surface area contributed by atoms with Crippen LogP contribution in [-0.2, 0) is 17.8 Å². The lowest BCUT2D eigenvalue weighted by molar-refractivity contribution is -0.143. The molecule has 2 aromatic carbocycles. The molecule has 1 N–H and O–H groups in total. The minimum absolute atomic E-state index is 0.00975. The van der Waals surface area contributed by atoms with Crippen LogP contribution in [-0.4, -0.2) is 34.6 Å². The number of rotatable bonds is 6. The van der Waals surface area contributed by atoms with Gasteiger partial charge in [0.1, 0.15) is 29.6 Å². The van der Waals surface area contributed by atoms with Crippen LogP contribution in [0.3, 0.4) is 0 Å². The van der Waals surface area contributed by atoms with E-state index in [1.807, 2.05) is 11.8 Å². The molecule has 1 amide bonds. The van der Waals surface area contributed by atoms with Gasteiger partial charge in [-0.2, -0.15) is 0 Å². The van der Waals surface area contributed by atoms with Gasteiger partial charge in [0.05, 0.1) is 5.60 Å². The largest absolute Gasteiger partial charge is 0.488 e. The van der Waals surface area contributed by atoms with E-state index in [1.54, 1.807) is 19.1 Å². The zero-order valence-corrected chi connectivity index (χ0v) is 21.8. The summed E-state index contributed by atoms with van der Waals surface area (Å²) in [6.45, 7) is 4.62. The van der Waals surface area contributed by atoms with Gasteiger partial charge < -0.3 is 19.2 Å². The van der Waals surface area contributed by atoms with Crippen molar-refractivity contribution in [3.05, 3.63) is 74.6 Å². The lowest BCUT2D eigenvalue weighted by Crippen LogP contribution is -2.54. The monoisotopic (exact) mass is 525 g/mol. The van der Waals surface area contributed by atoms with Gasteiger partial charge in [-0.25, -0.2) is 13.6 Å². The Morgan fingerprint density at radius 1 is 1.16 bits per heavy atom. The number of carbonyl (C=O) groups excluding carboxylic acids is 1. The highest BCUT2D eigenvalue weighted by Crippen LogP contribution is 2.40. The fraction of sp³-hybridized carbons (Fsp3) is 0.467. The molecule has 1 saturated heterocycles. The fourth-order valence-electron chi connectivity index (χ4n) is 6.00. The summed E-state index contributed by atoms with van der Waals surface area (Å²) in [5, 5.41) is 11.6. The number of fused-ring (bicyclic) bond motifs is 2. The number of ether oxygens (including phenoxy) is 1. The maximum Gasteiger partial charge on any atom is 0.339 e. The van der Waals surface area contributed by atoms with E-state index >= 15 is 0 Å². The summed E-state index contributed by atoms with van der Waals surface area (Å²) in [6, 6.07) is 6.83. The highest BCUT2D eigenvalue weighted by Gasteiger charge is 2.43. The third-order valence-electron chi connectivity index (χ3n) is 8.42. The lowest BCUT2D eigenvalue weighted by Gasteiger charge is -2.47. The molecule has 2 aliphatic rings. The van der Waals surface area contributed by atoms with Gasteiger partial charge in [0, 0.05) is 53.6 Å². The normalized spacial score (nSPS) is 21.4. The molecule has 0 unspecified atom stereocenters. The van der Waals surface area contributed by atoms with E-state index < -0.39 is 22.9 Å². The van der Waals surface area contributed by atoms with Crippen molar-refractivity contribution in [2.75, 3.05) is 13.1 Å². The summed E-state index contributed by atoms with van der Waals surface area (Å²) in [4.78, 5) is 27.8. The standard InChI is InChI=1S/C30H33F2NO5/c1-18-23-8-10-26(37-17-20-6-7-22(31)15-25(20)32)19(2)28(23)38-29(35)24(18)9-11-27(34)33-14-13-30(36)12-4-3-5-21(30)16-33/h6-8,10,15,21,36H,3-5,9,11-14,16-17H2,1-2H3/t21-,30-/m0/s1. The number of likely N-dealkylation sites (tertiary alicyclic amines) is 1. The second kappa shape index (κ2) is 10.5. The van der Waals surface area contributed by atoms with Crippen molar-refractivity contribution >= 4 is 16.9 Å². The number of benzene rings is 2.